The van der Waals surface area contributed by atoms with Gasteiger partial charge in [0.2, 0.25) is 0 Å². The minimum absolute atomic E-state index is 0.0869. The van der Waals surface area contributed by atoms with Crippen molar-refractivity contribution in [2.45, 2.75) is 49.1 Å². The van der Waals surface area contributed by atoms with Gasteiger partial charge in [-0.2, -0.15) is 0 Å². The number of carbonyl (C=O) groups is 4. The predicted molar refractivity (Wildman–Crippen MR) is 123 cm³/mol. The summed E-state index contributed by atoms with van der Waals surface area (Å²) in [5.41, 5.74) is 0.504. The molecule has 0 aromatic heterocycles. The second-order valence-electron chi connectivity index (χ2n) is 7.95. The van der Waals surface area contributed by atoms with E-state index in [9.17, 15) is 19.2 Å². The van der Waals surface area contributed by atoms with Crippen molar-refractivity contribution < 1.29 is 33.4 Å². The molecule has 1 fully saturated rings. The van der Waals surface area contributed by atoms with Crippen LogP contribution in [0.5, 0.6) is 0 Å². The zero-order valence-corrected chi connectivity index (χ0v) is 19.9. The Balaban J connectivity index is 1.95. The molecule has 2 heterocycles. The van der Waals surface area contributed by atoms with Gasteiger partial charge in [-0.25, -0.2) is 19.4 Å². The van der Waals surface area contributed by atoms with E-state index in [1.165, 1.54) is 30.9 Å². The number of carbonyl (C=O) groups excluding carboxylic acids is 4. The number of amides is 1. The van der Waals surface area contributed by atoms with Gasteiger partial charge in [0.15, 0.2) is 17.0 Å². The van der Waals surface area contributed by atoms with Crippen molar-refractivity contribution in [3.8, 4) is 0 Å². The van der Waals surface area contributed by atoms with Crippen molar-refractivity contribution in [2.75, 3.05) is 26.2 Å². The lowest BCUT2D eigenvalue weighted by Gasteiger charge is -2.39. The third kappa shape index (κ3) is 4.04. The van der Waals surface area contributed by atoms with Gasteiger partial charge in [-0.05, 0) is 36.7 Å². The summed E-state index contributed by atoms with van der Waals surface area (Å²) in [5, 5.41) is 0.387. The Labute approximate surface area is 200 Å². The molecule has 1 aromatic carbocycles. The first kappa shape index (κ1) is 23.8. The van der Waals surface area contributed by atoms with Crippen molar-refractivity contribution in [3.63, 3.8) is 0 Å². The van der Waals surface area contributed by atoms with Crippen LogP contribution in [0.1, 0.15) is 32.1 Å². The first-order chi connectivity index (χ1) is 16.4. The van der Waals surface area contributed by atoms with E-state index in [2.05, 4.69) is 4.99 Å². The molecule has 180 valence electrons. The van der Waals surface area contributed by atoms with E-state index in [1.54, 1.807) is 11.0 Å². The van der Waals surface area contributed by atoms with E-state index in [0.29, 0.717) is 23.7 Å². The number of methoxy groups -OCH3 is 3. The molecule has 0 bridgehead atoms. The van der Waals surface area contributed by atoms with Gasteiger partial charge < -0.3 is 19.1 Å². The first-order valence-electron chi connectivity index (χ1n) is 10.9. The number of hydrogen-bond donors (Lipinski definition) is 0. The lowest BCUT2D eigenvalue weighted by atomic mass is 9.93. The minimum atomic E-state index is -1.26. The minimum Gasteiger partial charge on any atom is -0.467 e. The molecular formula is C23H25N3O7S. The maximum Gasteiger partial charge on any atom is 0.397 e. The fourth-order valence-corrected chi connectivity index (χ4v) is 5.56. The Kier molecular flexibility index (Phi) is 6.92. The number of amidine groups is 1. The molecule has 10 nitrogen and oxygen atoms in total. The van der Waals surface area contributed by atoms with Crippen molar-refractivity contribution in [2.24, 2.45) is 4.99 Å². The molecule has 0 saturated heterocycles. The summed E-state index contributed by atoms with van der Waals surface area (Å²) in [6.07, 6.45) is 3.93. The van der Waals surface area contributed by atoms with E-state index >= 15 is 0 Å². The Morgan fingerprint density at radius 3 is 2.35 bits per heavy atom. The predicted octanol–water partition coefficient (Wildman–Crippen LogP) is 2.23. The van der Waals surface area contributed by atoms with Crippen LogP contribution in [-0.4, -0.2) is 67.3 Å². The van der Waals surface area contributed by atoms with Crippen LogP contribution in [-0.2, 0) is 33.4 Å². The zero-order valence-electron chi connectivity index (χ0n) is 19.1. The highest BCUT2D eigenvalue weighted by Crippen LogP contribution is 2.46. The number of fused-ring (bicyclic) bond motifs is 3. The number of esters is 3. The third-order valence-electron chi connectivity index (χ3n) is 6.08. The summed E-state index contributed by atoms with van der Waals surface area (Å²) in [6.45, 7) is 0. The number of benzene rings is 1. The fourth-order valence-electron chi connectivity index (χ4n) is 4.51. The molecule has 1 amide bonds. The molecule has 2 aliphatic heterocycles. The van der Waals surface area contributed by atoms with E-state index in [1.807, 2.05) is 18.2 Å². The monoisotopic (exact) mass is 487 g/mol. The van der Waals surface area contributed by atoms with Crippen molar-refractivity contribution in [1.29, 1.82) is 0 Å². The summed E-state index contributed by atoms with van der Waals surface area (Å²) < 4.78 is 14.8. The lowest BCUT2D eigenvalue weighted by Crippen LogP contribution is -2.53. The average Bonchev–Trinajstić information content (AvgIpc) is 3.25. The van der Waals surface area contributed by atoms with E-state index in [0.717, 1.165) is 31.3 Å². The van der Waals surface area contributed by atoms with Crippen LogP contribution in [0.4, 0.5) is 5.69 Å². The van der Waals surface area contributed by atoms with Gasteiger partial charge in [-0.1, -0.05) is 31.4 Å². The van der Waals surface area contributed by atoms with Crippen molar-refractivity contribution in [1.82, 2.24) is 4.90 Å². The highest BCUT2D eigenvalue weighted by atomic mass is 32.2. The number of nitrogens with zero attached hydrogens (tertiary/aromatic N) is 3. The fraction of sp³-hybridized carbons (Fsp3) is 0.435. The number of aliphatic imine (C=N–C) groups is 1. The van der Waals surface area contributed by atoms with Gasteiger partial charge in [0.25, 0.3) is 0 Å². The maximum atomic E-state index is 13.2. The molecule has 3 aliphatic rings. The second kappa shape index (κ2) is 9.88. The Morgan fingerprint density at radius 1 is 1.00 bits per heavy atom. The molecule has 34 heavy (non-hydrogen) atoms. The topological polar surface area (TPSA) is 115 Å². The highest BCUT2D eigenvalue weighted by molar-refractivity contribution is 8.14. The lowest BCUT2D eigenvalue weighted by molar-refractivity contribution is -0.158. The summed E-state index contributed by atoms with van der Waals surface area (Å²) in [5.74, 6) is -3.69. The normalized spacial score (nSPS) is 19.6. The zero-order chi connectivity index (χ0) is 24.4. The quantitative estimate of drug-likeness (QED) is 0.358. The van der Waals surface area contributed by atoms with Crippen LogP contribution >= 0.6 is 11.8 Å². The molecule has 1 aliphatic carbocycles. The molecule has 4 rings (SSSR count). The molecular weight excluding hydrogens is 462 g/mol. The highest BCUT2D eigenvalue weighted by Gasteiger charge is 2.49. The molecule has 0 spiro atoms. The van der Waals surface area contributed by atoms with E-state index in [4.69, 9.17) is 14.2 Å². The van der Waals surface area contributed by atoms with E-state index in [-0.39, 0.29) is 11.4 Å². The number of thioether (sulfide) groups is 1. The molecule has 11 heteroatoms. The van der Waals surface area contributed by atoms with Crippen LogP contribution in [0.25, 0.3) is 0 Å². The summed E-state index contributed by atoms with van der Waals surface area (Å²) in [7, 11) is 3.51. The molecule has 1 unspecified atom stereocenters. The molecule has 1 saturated carbocycles. The summed E-state index contributed by atoms with van der Waals surface area (Å²) in [4.78, 5) is 60.1. The number of anilines is 1. The second-order valence-corrected chi connectivity index (χ2v) is 8.96. The number of ether oxygens (including phenoxy) is 3. The molecule has 0 radical (unpaired) electrons. The van der Waals surface area contributed by atoms with Gasteiger partial charge in [0.1, 0.15) is 5.57 Å². The Bertz CT molecular complexity index is 1090. The van der Waals surface area contributed by atoms with Crippen LogP contribution in [0.15, 0.2) is 45.5 Å². The maximum absolute atomic E-state index is 13.2. The number of rotatable bonds is 4. The van der Waals surface area contributed by atoms with Gasteiger partial charge in [-0.15, -0.1) is 0 Å². The van der Waals surface area contributed by atoms with E-state index < -0.39 is 35.9 Å². The van der Waals surface area contributed by atoms with Gasteiger partial charge in [0, 0.05) is 10.9 Å². The van der Waals surface area contributed by atoms with Crippen molar-refractivity contribution >= 4 is 46.4 Å². The Hall–Kier alpha value is -3.34. The van der Waals surface area contributed by atoms with Gasteiger partial charge in [0.05, 0.1) is 27.0 Å². The van der Waals surface area contributed by atoms with Crippen LogP contribution in [0.3, 0.4) is 0 Å². The molecule has 1 atom stereocenters. The SMILES string of the molecule is COC(=O)C(=O)N(C1=C(C(=O)OC)C(C(=O)OC)N2C(=N1)Sc1ccccc12)C1CCCCC1. The Morgan fingerprint density at radius 2 is 1.71 bits per heavy atom. The van der Waals surface area contributed by atoms with Crippen molar-refractivity contribution in [3.05, 3.63) is 35.7 Å². The number of para-hydroxylation sites is 1. The standard InChI is InChI=1S/C23H25N3O7S/c1-31-20(28)16-17(21(29)32-2)26-14-11-7-8-12-15(14)34-23(26)24-18(16)25(19(27)22(30)33-3)13-9-5-4-6-10-13/h7-8,11-13,17H,4-6,9-10H2,1-3H3. The van der Waals surface area contributed by atoms with Crippen LogP contribution in [0, 0.1) is 0 Å². The third-order valence-corrected chi connectivity index (χ3v) is 7.12. The largest absolute Gasteiger partial charge is 0.467 e. The molecule has 1 aromatic rings. The van der Waals surface area contributed by atoms with Crippen LogP contribution in [0.2, 0.25) is 0 Å². The van der Waals surface area contributed by atoms with Gasteiger partial charge in [-0.3, -0.25) is 9.69 Å². The summed E-state index contributed by atoms with van der Waals surface area (Å²) >= 11 is 1.29. The average molecular weight is 488 g/mol. The summed E-state index contributed by atoms with van der Waals surface area (Å²) in [6, 6.07) is 5.68. The first-order valence-corrected chi connectivity index (χ1v) is 11.7. The molecule has 0 N–H and O–H groups in total. The van der Waals surface area contributed by atoms with Crippen LogP contribution < -0.4 is 4.90 Å². The number of hydrogen-bond acceptors (Lipinski definition) is 10. The van der Waals surface area contributed by atoms with Gasteiger partial charge >= 0.3 is 23.8 Å². The smallest absolute Gasteiger partial charge is 0.397 e.